The Balaban J connectivity index is 2.73. The molecular weight excluding hydrogens is 240 g/mol. The Bertz CT molecular complexity index is 384. The average Bonchev–Trinajstić information content (AvgIpc) is 2.23. The smallest absolute Gasteiger partial charge is 0.258 e. The molecule has 0 fully saturated rings. The van der Waals surface area contributed by atoms with Crippen molar-refractivity contribution in [1.29, 1.82) is 0 Å². The van der Waals surface area contributed by atoms with Crippen LogP contribution in [0.4, 0.5) is 5.69 Å². The summed E-state index contributed by atoms with van der Waals surface area (Å²) < 4.78 is 0. The maximum atomic E-state index is 10.7. The number of hydrogen-bond donors (Lipinski definition) is 0. The molecule has 0 saturated carbocycles. The van der Waals surface area contributed by atoms with Crippen molar-refractivity contribution in [2.75, 3.05) is 0 Å². The van der Waals surface area contributed by atoms with Crippen LogP contribution in [0.25, 0.3) is 0 Å². The third kappa shape index (κ3) is 3.97. The zero-order valence-corrected chi connectivity index (χ0v) is 11.0. The number of nitrogens with zero attached hydrogens (tertiary/aromatic N) is 2. The van der Waals surface area contributed by atoms with Gasteiger partial charge in [0.2, 0.25) is 0 Å². The Kier molecular flexibility index (Phi) is 5.35. The molecule has 0 saturated heterocycles. The summed E-state index contributed by atoms with van der Waals surface area (Å²) in [6.07, 6.45) is 5.44. The molecule has 0 amide bonds. The van der Waals surface area contributed by atoms with Gasteiger partial charge >= 0.3 is 5.69 Å². The summed E-state index contributed by atoms with van der Waals surface area (Å²) in [6, 6.07) is 1.61. The van der Waals surface area contributed by atoms with Gasteiger partial charge in [-0.3, -0.25) is 15.1 Å². The van der Waals surface area contributed by atoms with Crippen LogP contribution in [0.2, 0.25) is 5.02 Å². The predicted molar refractivity (Wildman–Crippen MR) is 68.5 cm³/mol. The van der Waals surface area contributed by atoms with Gasteiger partial charge < -0.3 is 0 Å². The zero-order chi connectivity index (χ0) is 12.8. The summed E-state index contributed by atoms with van der Waals surface area (Å²) in [7, 11) is 0. The quantitative estimate of drug-likeness (QED) is 0.438. The van der Waals surface area contributed by atoms with Crippen molar-refractivity contribution in [3.8, 4) is 0 Å². The van der Waals surface area contributed by atoms with Gasteiger partial charge in [-0.2, -0.15) is 0 Å². The fourth-order valence-corrected chi connectivity index (χ4v) is 2.10. The van der Waals surface area contributed by atoms with E-state index in [1.165, 1.54) is 12.8 Å². The largest absolute Gasteiger partial charge is 0.308 e. The first-order valence-electron chi connectivity index (χ1n) is 5.86. The number of unbranched alkanes of at least 4 members (excludes halogenated alkanes) is 3. The van der Waals surface area contributed by atoms with Gasteiger partial charge in [-0.15, -0.1) is 0 Å². The molecule has 0 aliphatic heterocycles. The molecule has 1 aromatic rings. The topological polar surface area (TPSA) is 56.0 Å². The van der Waals surface area contributed by atoms with Crippen molar-refractivity contribution in [2.24, 2.45) is 0 Å². The summed E-state index contributed by atoms with van der Waals surface area (Å²) in [5.41, 5.74) is 1.16. The second-order valence-corrected chi connectivity index (χ2v) is 4.50. The molecule has 0 atom stereocenters. The lowest BCUT2D eigenvalue weighted by Gasteiger charge is -2.04. The highest BCUT2D eigenvalue weighted by Crippen LogP contribution is 2.27. The van der Waals surface area contributed by atoms with E-state index in [4.69, 9.17) is 11.6 Å². The fourth-order valence-electron chi connectivity index (χ4n) is 1.77. The lowest BCUT2D eigenvalue weighted by Crippen LogP contribution is -1.99. The molecule has 0 bridgehead atoms. The van der Waals surface area contributed by atoms with Crippen molar-refractivity contribution >= 4 is 17.3 Å². The summed E-state index contributed by atoms with van der Waals surface area (Å²) >= 11 is 5.89. The molecule has 1 heterocycles. The van der Waals surface area contributed by atoms with Crippen LogP contribution in [0.5, 0.6) is 0 Å². The molecule has 0 unspecified atom stereocenters. The standard InChI is InChI=1S/C12H17ClN2O2/c1-3-4-5-6-7-10-8-11(13)12(15(16)17)9(2)14-10/h8H,3-7H2,1-2H3. The maximum absolute atomic E-state index is 10.7. The molecule has 0 aliphatic carbocycles. The van der Waals surface area contributed by atoms with Gasteiger partial charge in [0.1, 0.15) is 10.7 Å². The lowest BCUT2D eigenvalue weighted by atomic mass is 10.1. The highest BCUT2D eigenvalue weighted by atomic mass is 35.5. The summed E-state index contributed by atoms with van der Waals surface area (Å²) in [5, 5.41) is 10.9. The van der Waals surface area contributed by atoms with E-state index in [2.05, 4.69) is 11.9 Å². The van der Waals surface area contributed by atoms with Gasteiger partial charge in [-0.05, 0) is 25.8 Å². The van der Waals surface area contributed by atoms with E-state index in [0.29, 0.717) is 5.69 Å². The second-order valence-electron chi connectivity index (χ2n) is 4.10. The highest BCUT2D eigenvalue weighted by molar-refractivity contribution is 6.32. The van der Waals surface area contributed by atoms with Crippen molar-refractivity contribution in [3.63, 3.8) is 0 Å². The van der Waals surface area contributed by atoms with E-state index >= 15 is 0 Å². The molecule has 5 heteroatoms. The van der Waals surface area contributed by atoms with Crippen LogP contribution in [0, 0.1) is 17.0 Å². The van der Waals surface area contributed by atoms with E-state index in [-0.39, 0.29) is 10.7 Å². The molecule has 17 heavy (non-hydrogen) atoms. The summed E-state index contributed by atoms with van der Waals surface area (Å²) in [6.45, 7) is 3.78. The molecule has 0 aromatic carbocycles. The molecule has 0 spiro atoms. The third-order valence-corrected chi connectivity index (χ3v) is 2.93. The van der Waals surface area contributed by atoms with Crippen molar-refractivity contribution in [3.05, 3.63) is 32.6 Å². The number of nitro groups is 1. The number of halogens is 1. The third-order valence-electron chi connectivity index (χ3n) is 2.64. The Labute approximate surface area is 106 Å². The fraction of sp³-hybridized carbons (Fsp3) is 0.583. The van der Waals surface area contributed by atoms with Crippen molar-refractivity contribution in [1.82, 2.24) is 4.98 Å². The average molecular weight is 257 g/mol. The molecule has 0 N–H and O–H groups in total. The van der Waals surface area contributed by atoms with E-state index < -0.39 is 4.92 Å². The van der Waals surface area contributed by atoms with Crippen LogP contribution in [-0.4, -0.2) is 9.91 Å². The Morgan fingerprint density at radius 1 is 1.41 bits per heavy atom. The second kappa shape index (κ2) is 6.55. The SMILES string of the molecule is CCCCCCc1cc(Cl)c([N+](=O)[O-])c(C)n1. The Morgan fingerprint density at radius 3 is 2.65 bits per heavy atom. The van der Waals surface area contributed by atoms with E-state index in [0.717, 1.165) is 25.0 Å². The first-order valence-corrected chi connectivity index (χ1v) is 6.24. The number of aryl methyl sites for hydroxylation is 2. The van der Waals surface area contributed by atoms with E-state index in [9.17, 15) is 10.1 Å². The molecule has 1 aromatic heterocycles. The molecule has 0 aliphatic rings. The maximum Gasteiger partial charge on any atom is 0.308 e. The van der Waals surface area contributed by atoms with Gasteiger partial charge in [0.15, 0.2) is 0 Å². The van der Waals surface area contributed by atoms with Crippen LogP contribution >= 0.6 is 11.6 Å². The Morgan fingerprint density at radius 2 is 2.12 bits per heavy atom. The minimum absolute atomic E-state index is 0.0797. The van der Waals surface area contributed by atoms with E-state index in [1.807, 2.05) is 0 Å². The monoisotopic (exact) mass is 256 g/mol. The predicted octanol–water partition coefficient (Wildman–Crippen LogP) is 4.07. The number of pyridine rings is 1. The minimum Gasteiger partial charge on any atom is -0.258 e. The van der Waals surface area contributed by atoms with Crippen LogP contribution in [0.3, 0.4) is 0 Å². The first-order chi connectivity index (χ1) is 8.06. The van der Waals surface area contributed by atoms with Crippen LogP contribution in [-0.2, 0) is 6.42 Å². The molecule has 4 nitrogen and oxygen atoms in total. The lowest BCUT2D eigenvalue weighted by molar-refractivity contribution is -0.385. The van der Waals surface area contributed by atoms with Gasteiger partial charge in [-0.25, -0.2) is 0 Å². The van der Waals surface area contributed by atoms with Crippen LogP contribution in [0.15, 0.2) is 6.07 Å². The molecular formula is C12H17ClN2O2. The number of aromatic nitrogens is 1. The Hall–Kier alpha value is -1.16. The van der Waals surface area contributed by atoms with Gasteiger partial charge in [0.25, 0.3) is 0 Å². The molecule has 1 rings (SSSR count). The molecule has 0 radical (unpaired) electrons. The van der Waals surface area contributed by atoms with Crippen LogP contribution < -0.4 is 0 Å². The van der Waals surface area contributed by atoms with Crippen LogP contribution in [0.1, 0.15) is 44.0 Å². The summed E-state index contributed by atoms with van der Waals surface area (Å²) in [4.78, 5) is 14.5. The zero-order valence-electron chi connectivity index (χ0n) is 10.2. The van der Waals surface area contributed by atoms with Gasteiger partial charge in [-0.1, -0.05) is 37.8 Å². The normalized spacial score (nSPS) is 10.5. The van der Waals surface area contributed by atoms with Gasteiger partial charge in [0, 0.05) is 5.69 Å². The van der Waals surface area contributed by atoms with Crippen molar-refractivity contribution in [2.45, 2.75) is 46.0 Å². The highest BCUT2D eigenvalue weighted by Gasteiger charge is 2.18. The van der Waals surface area contributed by atoms with E-state index in [1.54, 1.807) is 13.0 Å². The first kappa shape index (κ1) is 13.9. The number of hydrogen-bond acceptors (Lipinski definition) is 3. The number of rotatable bonds is 6. The minimum atomic E-state index is -0.481. The summed E-state index contributed by atoms with van der Waals surface area (Å²) in [5.74, 6) is 0. The van der Waals surface area contributed by atoms with Crippen molar-refractivity contribution < 1.29 is 4.92 Å². The molecule has 94 valence electrons. The van der Waals surface area contributed by atoms with Gasteiger partial charge in [0.05, 0.1) is 4.92 Å².